The van der Waals surface area contributed by atoms with Gasteiger partial charge < -0.3 is 4.74 Å². The zero-order valence-corrected chi connectivity index (χ0v) is 13.3. The Kier molecular flexibility index (Phi) is 4.58. The fourth-order valence-corrected chi connectivity index (χ4v) is 2.65. The van der Waals surface area contributed by atoms with Gasteiger partial charge in [-0.1, -0.05) is 30.3 Å². The molecule has 3 heteroatoms. The smallest absolute Gasteiger partial charge is 0.123 e. The topological polar surface area (TPSA) is 33.0 Å². The molecule has 0 spiro atoms. The number of nitrogens with zero attached hydrogens (tertiary/aromatic N) is 1. The maximum atomic E-state index is 13.6. The van der Waals surface area contributed by atoms with Gasteiger partial charge in [-0.15, -0.1) is 0 Å². The first-order valence-electron chi connectivity index (χ1n) is 7.74. The zero-order valence-electron chi connectivity index (χ0n) is 13.3. The predicted octanol–water partition coefficient (Wildman–Crippen LogP) is 5.43. The van der Waals surface area contributed by atoms with Crippen LogP contribution < -0.4 is 4.74 Å². The van der Waals surface area contributed by atoms with Crippen molar-refractivity contribution in [1.29, 1.82) is 5.26 Å². The van der Waals surface area contributed by atoms with Crippen molar-refractivity contribution in [3.8, 4) is 34.1 Å². The molecule has 0 aliphatic carbocycles. The van der Waals surface area contributed by atoms with Gasteiger partial charge in [-0.2, -0.15) is 5.26 Å². The molecule has 24 heavy (non-hydrogen) atoms. The van der Waals surface area contributed by atoms with E-state index in [1.165, 1.54) is 12.1 Å². The molecule has 0 saturated carbocycles. The summed E-state index contributed by atoms with van der Waals surface area (Å²) in [6.45, 7) is 2.51. The maximum Gasteiger partial charge on any atom is 0.123 e. The first-order chi connectivity index (χ1) is 11.7. The number of halogens is 1. The van der Waals surface area contributed by atoms with E-state index in [0.29, 0.717) is 12.2 Å². The minimum Gasteiger partial charge on any atom is -0.494 e. The Balaban J connectivity index is 2.16. The number of rotatable bonds is 4. The maximum absolute atomic E-state index is 13.6. The lowest BCUT2D eigenvalue weighted by atomic mass is 9.94. The second-order valence-corrected chi connectivity index (χ2v) is 5.34. The molecule has 118 valence electrons. The lowest BCUT2D eigenvalue weighted by Gasteiger charge is -2.13. The monoisotopic (exact) mass is 317 g/mol. The second kappa shape index (κ2) is 6.97. The summed E-state index contributed by atoms with van der Waals surface area (Å²) in [4.78, 5) is 0. The molecule has 2 nitrogen and oxygen atoms in total. The molecule has 0 aliphatic rings. The third-order valence-electron chi connectivity index (χ3n) is 3.76. The van der Waals surface area contributed by atoms with Crippen LogP contribution >= 0.6 is 0 Å². The van der Waals surface area contributed by atoms with Crippen LogP contribution in [0.2, 0.25) is 0 Å². The van der Waals surface area contributed by atoms with Gasteiger partial charge in [0.25, 0.3) is 0 Å². The Hall–Kier alpha value is -3.12. The lowest BCUT2D eigenvalue weighted by molar-refractivity contribution is 0.340. The molecule has 3 aromatic rings. The second-order valence-electron chi connectivity index (χ2n) is 5.34. The summed E-state index contributed by atoms with van der Waals surface area (Å²) < 4.78 is 19.2. The van der Waals surface area contributed by atoms with Crippen LogP contribution in [0.3, 0.4) is 0 Å². The van der Waals surface area contributed by atoms with E-state index in [4.69, 9.17) is 10.00 Å². The highest BCUT2D eigenvalue weighted by atomic mass is 19.1. The number of hydrogen-bond acceptors (Lipinski definition) is 2. The summed E-state index contributed by atoms with van der Waals surface area (Å²) in [6.07, 6.45) is 0. The largest absolute Gasteiger partial charge is 0.494 e. The Labute approximate surface area is 140 Å². The Bertz CT molecular complexity index is 894. The van der Waals surface area contributed by atoms with Crippen LogP contribution in [0.5, 0.6) is 5.75 Å². The van der Waals surface area contributed by atoms with Gasteiger partial charge in [0.1, 0.15) is 11.6 Å². The van der Waals surface area contributed by atoms with Crippen LogP contribution in [0.1, 0.15) is 12.5 Å². The van der Waals surface area contributed by atoms with E-state index in [0.717, 1.165) is 28.0 Å². The Morgan fingerprint density at radius 2 is 1.71 bits per heavy atom. The molecule has 0 N–H and O–H groups in total. The standard InChI is InChI=1S/C21H16FNO/c1-2-24-19-10-11-20(17-4-3-5-18(22)12-17)21(13-19)16-8-6-15(14-23)7-9-16/h3-13H,2H2,1H3. The van der Waals surface area contributed by atoms with Crippen molar-refractivity contribution in [2.45, 2.75) is 6.92 Å². The summed E-state index contributed by atoms with van der Waals surface area (Å²) in [7, 11) is 0. The van der Waals surface area contributed by atoms with Gasteiger partial charge in [0.2, 0.25) is 0 Å². The minimum atomic E-state index is -0.271. The van der Waals surface area contributed by atoms with Crippen molar-refractivity contribution >= 4 is 0 Å². The normalized spacial score (nSPS) is 10.2. The molecular formula is C21H16FNO. The first-order valence-corrected chi connectivity index (χ1v) is 7.74. The number of nitriles is 1. The molecule has 0 amide bonds. The summed E-state index contributed by atoms with van der Waals surface area (Å²) in [5.41, 5.74) is 4.22. The molecule has 0 bridgehead atoms. The SMILES string of the molecule is CCOc1ccc(-c2cccc(F)c2)c(-c2ccc(C#N)cc2)c1. The molecule has 3 rings (SSSR count). The number of hydrogen-bond donors (Lipinski definition) is 0. The molecule has 0 heterocycles. The van der Waals surface area contributed by atoms with E-state index in [2.05, 4.69) is 6.07 Å². The third-order valence-corrected chi connectivity index (χ3v) is 3.76. The predicted molar refractivity (Wildman–Crippen MR) is 93.2 cm³/mol. The van der Waals surface area contributed by atoms with Gasteiger partial charge >= 0.3 is 0 Å². The highest BCUT2D eigenvalue weighted by Gasteiger charge is 2.10. The average Bonchev–Trinajstić information content (AvgIpc) is 2.62. The zero-order chi connectivity index (χ0) is 16.9. The summed E-state index contributed by atoms with van der Waals surface area (Å²) >= 11 is 0. The van der Waals surface area contributed by atoms with Crippen molar-refractivity contribution in [3.05, 3.63) is 78.1 Å². The van der Waals surface area contributed by atoms with Crippen LogP contribution in [0.4, 0.5) is 4.39 Å². The highest BCUT2D eigenvalue weighted by molar-refractivity contribution is 5.84. The summed E-state index contributed by atoms with van der Waals surface area (Å²) in [6, 6.07) is 21.8. The fourth-order valence-electron chi connectivity index (χ4n) is 2.65. The summed E-state index contributed by atoms with van der Waals surface area (Å²) in [5, 5.41) is 8.96. The molecule has 0 fully saturated rings. The van der Waals surface area contributed by atoms with E-state index >= 15 is 0 Å². The van der Waals surface area contributed by atoms with Gasteiger partial charge in [-0.3, -0.25) is 0 Å². The van der Waals surface area contributed by atoms with E-state index in [1.807, 2.05) is 43.3 Å². The van der Waals surface area contributed by atoms with Crippen LogP contribution in [-0.4, -0.2) is 6.61 Å². The number of ether oxygens (including phenoxy) is 1. The van der Waals surface area contributed by atoms with E-state index in [9.17, 15) is 4.39 Å². The Morgan fingerprint density at radius 1 is 0.917 bits per heavy atom. The van der Waals surface area contributed by atoms with Crippen molar-refractivity contribution in [2.24, 2.45) is 0 Å². The highest BCUT2D eigenvalue weighted by Crippen LogP contribution is 2.35. The number of benzene rings is 3. The lowest BCUT2D eigenvalue weighted by Crippen LogP contribution is -1.93. The molecule has 0 aliphatic heterocycles. The average molecular weight is 317 g/mol. The molecular weight excluding hydrogens is 301 g/mol. The first kappa shape index (κ1) is 15.8. The van der Waals surface area contributed by atoms with Crippen molar-refractivity contribution in [2.75, 3.05) is 6.61 Å². The molecule has 0 unspecified atom stereocenters. The van der Waals surface area contributed by atoms with Crippen LogP contribution in [-0.2, 0) is 0 Å². The van der Waals surface area contributed by atoms with E-state index in [-0.39, 0.29) is 5.82 Å². The van der Waals surface area contributed by atoms with Crippen LogP contribution in [0.25, 0.3) is 22.3 Å². The van der Waals surface area contributed by atoms with Gasteiger partial charge in [0.05, 0.1) is 18.2 Å². The molecule has 3 aromatic carbocycles. The van der Waals surface area contributed by atoms with Crippen LogP contribution in [0, 0.1) is 17.1 Å². The van der Waals surface area contributed by atoms with Gasteiger partial charge in [0, 0.05) is 0 Å². The van der Waals surface area contributed by atoms with Gasteiger partial charge in [-0.25, -0.2) is 4.39 Å². The Morgan fingerprint density at radius 3 is 2.38 bits per heavy atom. The van der Waals surface area contributed by atoms with Crippen molar-refractivity contribution in [3.63, 3.8) is 0 Å². The molecule has 0 aromatic heterocycles. The molecule has 0 atom stereocenters. The fraction of sp³-hybridized carbons (Fsp3) is 0.0952. The quantitative estimate of drug-likeness (QED) is 0.643. The molecule has 0 radical (unpaired) electrons. The van der Waals surface area contributed by atoms with Crippen molar-refractivity contribution in [1.82, 2.24) is 0 Å². The third kappa shape index (κ3) is 3.28. The van der Waals surface area contributed by atoms with Crippen LogP contribution in [0.15, 0.2) is 66.7 Å². The summed E-state index contributed by atoms with van der Waals surface area (Å²) in [5.74, 6) is 0.490. The van der Waals surface area contributed by atoms with Gasteiger partial charge in [0.15, 0.2) is 0 Å². The minimum absolute atomic E-state index is 0.271. The van der Waals surface area contributed by atoms with Gasteiger partial charge in [-0.05, 0) is 65.6 Å². The van der Waals surface area contributed by atoms with E-state index in [1.54, 1.807) is 18.2 Å². The molecule has 0 saturated heterocycles. The van der Waals surface area contributed by atoms with E-state index < -0.39 is 0 Å². The van der Waals surface area contributed by atoms with Crippen molar-refractivity contribution < 1.29 is 9.13 Å².